The maximum Gasteiger partial charge on any atom is 0.0346 e. The zero-order valence-electron chi connectivity index (χ0n) is 16.4. The average Bonchev–Trinajstić information content (AvgIpc) is 2.83. The highest BCUT2D eigenvalue weighted by molar-refractivity contribution is 6.08. The third-order valence-corrected chi connectivity index (χ3v) is 5.92. The van der Waals surface area contributed by atoms with Crippen molar-refractivity contribution in [3.63, 3.8) is 0 Å². The van der Waals surface area contributed by atoms with E-state index in [9.17, 15) is 0 Å². The maximum absolute atomic E-state index is 4.22. The van der Waals surface area contributed by atoms with Crippen LogP contribution >= 0.6 is 0 Å². The normalized spacial score (nSPS) is 11.3. The Labute approximate surface area is 175 Å². The van der Waals surface area contributed by atoms with Gasteiger partial charge in [0.2, 0.25) is 0 Å². The van der Waals surface area contributed by atoms with Crippen LogP contribution in [-0.2, 0) is 0 Å². The van der Waals surface area contributed by atoms with Crippen LogP contribution in [0.2, 0.25) is 0 Å². The van der Waals surface area contributed by atoms with E-state index in [0.717, 1.165) is 0 Å². The molecule has 0 bridgehead atoms. The predicted molar refractivity (Wildman–Crippen MR) is 128 cm³/mol. The first-order valence-electron chi connectivity index (χ1n) is 10.2. The van der Waals surface area contributed by atoms with Crippen LogP contribution in [0.25, 0.3) is 54.6 Å². The summed E-state index contributed by atoms with van der Waals surface area (Å²) in [5, 5.41) is 7.53. The highest BCUT2D eigenvalue weighted by Crippen LogP contribution is 2.32. The molecule has 1 aromatic heterocycles. The van der Waals surface area contributed by atoms with Crippen molar-refractivity contribution in [2.24, 2.45) is 0 Å². The summed E-state index contributed by atoms with van der Waals surface area (Å²) in [5.41, 5.74) is 4.92. The molecule has 0 aliphatic heterocycles. The van der Waals surface area contributed by atoms with Crippen LogP contribution in [0, 0.1) is 0 Å². The summed E-state index contributed by atoms with van der Waals surface area (Å²) >= 11 is 0. The van der Waals surface area contributed by atoms with Gasteiger partial charge in [-0.25, -0.2) is 0 Å². The Morgan fingerprint density at radius 1 is 0.400 bits per heavy atom. The topological polar surface area (TPSA) is 12.9 Å². The van der Waals surface area contributed by atoms with Crippen LogP contribution in [0.1, 0.15) is 0 Å². The Kier molecular flexibility index (Phi) is 3.85. The van der Waals surface area contributed by atoms with Crippen molar-refractivity contribution in [1.82, 2.24) is 4.98 Å². The van der Waals surface area contributed by atoms with Gasteiger partial charge in [-0.05, 0) is 73.5 Å². The number of rotatable bonds is 2. The maximum atomic E-state index is 4.22. The number of hydrogen-bond acceptors (Lipinski definition) is 1. The van der Waals surface area contributed by atoms with E-state index in [-0.39, 0.29) is 0 Å². The van der Waals surface area contributed by atoms with Gasteiger partial charge in [-0.1, -0.05) is 78.9 Å². The first-order valence-corrected chi connectivity index (χ1v) is 10.2. The number of aromatic nitrogens is 1. The molecular weight excluding hydrogens is 362 g/mol. The van der Waals surface area contributed by atoms with Crippen molar-refractivity contribution in [1.29, 1.82) is 0 Å². The first-order chi connectivity index (χ1) is 14.8. The molecule has 0 atom stereocenters. The van der Waals surface area contributed by atoms with Crippen LogP contribution in [-0.4, -0.2) is 4.98 Å². The lowest BCUT2D eigenvalue weighted by Crippen LogP contribution is -1.84. The first kappa shape index (κ1) is 16.9. The number of nitrogens with zero attached hydrogens (tertiary/aromatic N) is 1. The second-order valence-electron chi connectivity index (χ2n) is 7.74. The van der Waals surface area contributed by atoms with Crippen molar-refractivity contribution in [2.75, 3.05) is 0 Å². The monoisotopic (exact) mass is 381 g/mol. The third-order valence-electron chi connectivity index (χ3n) is 5.92. The molecule has 0 saturated carbocycles. The summed E-state index contributed by atoms with van der Waals surface area (Å²) in [7, 11) is 0. The van der Waals surface area contributed by atoms with Gasteiger partial charge in [0.05, 0.1) is 0 Å². The zero-order chi connectivity index (χ0) is 19.9. The third kappa shape index (κ3) is 2.84. The SMILES string of the molecule is c1cc(-c2ccc3cnccc3c2)cc(-c2ccc3ccc4ccccc4c3c2)c1. The number of benzene rings is 5. The molecule has 1 heterocycles. The minimum absolute atomic E-state index is 1.17. The highest BCUT2D eigenvalue weighted by atomic mass is 14.6. The van der Waals surface area contributed by atoms with Crippen molar-refractivity contribution < 1.29 is 0 Å². The molecule has 0 radical (unpaired) electrons. The summed E-state index contributed by atoms with van der Waals surface area (Å²) in [5.74, 6) is 0. The Balaban J connectivity index is 1.49. The van der Waals surface area contributed by atoms with Crippen LogP contribution < -0.4 is 0 Å². The summed E-state index contributed by atoms with van der Waals surface area (Å²) < 4.78 is 0. The van der Waals surface area contributed by atoms with E-state index < -0.39 is 0 Å². The minimum atomic E-state index is 1.17. The molecular formula is C29H19N. The van der Waals surface area contributed by atoms with Crippen molar-refractivity contribution in [2.45, 2.75) is 0 Å². The van der Waals surface area contributed by atoms with E-state index in [1.807, 2.05) is 12.4 Å². The van der Waals surface area contributed by atoms with E-state index in [2.05, 4.69) is 108 Å². The van der Waals surface area contributed by atoms with E-state index in [4.69, 9.17) is 0 Å². The molecule has 0 unspecified atom stereocenters. The van der Waals surface area contributed by atoms with Gasteiger partial charge >= 0.3 is 0 Å². The zero-order valence-corrected chi connectivity index (χ0v) is 16.4. The summed E-state index contributed by atoms with van der Waals surface area (Å²) in [6.07, 6.45) is 3.76. The molecule has 6 aromatic rings. The second kappa shape index (κ2) is 6.82. The standard InChI is InChI=1S/C29H19N/c1-2-7-28-20(4-1)8-9-21-10-11-25(18-29(21)28)23-6-3-5-22(16-23)24-12-13-27-19-30-15-14-26(27)17-24/h1-19H. The molecule has 0 aliphatic carbocycles. The molecule has 30 heavy (non-hydrogen) atoms. The molecule has 6 rings (SSSR count). The largest absolute Gasteiger partial charge is 0.264 e. The van der Waals surface area contributed by atoms with Gasteiger partial charge < -0.3 is 0 Å². The molecule has 140 valence electrons. The second-order valence-corrected chi connectivity index (χ2v) is 7.74. The smallest absolute Gasteiger partial charge is 0.0346 e. The average molecular weight is 381 g/mol. The number of pyridine rings is 1. The molecule has 0 fully saturated rings. The Morgan fingerprint density at radius 3 is 1.93 bits per heavy atom. The summed E-state index contributed by atoms with van der Waals surface area (Å²) in [6.45, 7) is 0. The lowest BCUT2D eigenvalue weighted by atomic mass is 9.95. The Bertz CT molecular complexity index is 1550. The molecule has 0 saturated heterocycles. The van der Waals surface area contributed by atoms with E-state index in [0.29, 0.717) is 0 Å². The van der Waals surface area contributed by atoms with Gasteiger partial charge in [0.15, 0.2) is 0 Å². The van der Waals surface area contributed by atoms with Crippen LogP contribution in [0.4, 0.5) is 0 Å². The summed E-state index contributed by atoms with van der Waals surface area (Å²) in [6, 6.07) is 37.2. The molecule has 0 aliphatic rings. The van der Waals surface area contributed by atoms with Crippen molar-refractivity contribution in [3.05, 3.63) is 116 Å². The van der Waals surface area contributed by atoms with E-state index in [1.165, 1.54) is 54.6 Å². The fraction of sp³-hybridized carbons (Fsp3) is 0. The molecule has 0 N–H and O–H groups in total. The number of hydrogen-bond donors (Lipinski definition) is 0. The van der Waals surface area contributed by atoms with Crippen LogP contribution in [0.3, 0.4) is 0 Å². The minimum Gasteiger partial charge on any atom is -0.264 e. The van der Waals surface area contributed by atoms with Gasteiger partial charge in [-0.2, -0.15) is 0 Å². The van der Waals surface area contributed by atoms with Crippen molar-refractivity contribution >= 4 is 32.3 Å². The molecule has 0 spiro atoms. The van der Waals surface area contributed by atoms with Gasteiger partial charge in [0.1, 0.15) is 0 Å². The highest BCUT2D eigenvalue weighted by Gasteiger charge is 2.06. The Hall–Kier alpha value is -3.97. The molecule has 5 aromatic carbocycles. The van der Waals surface area contributed by atoms with Gasteiger partial charge in [0, 0.05) is 17.8 Å². The molecule has 0 amide bonds. The van der Waals surface area contributed by atoms with Crippen molar-refractivity contribution in [3.8, 4) is 22.3 Å². The van der Waals surface area contributed by atoms with Crippen LogP contribution in [0.15, 0.2) is 116 Å². The summed E-state index contributed by atoms with van der Waals surface area (Å²) in [4.78, 5) is 4.22. The lowest BCUT2D eigenvalue weighted by molar-refractivity contribution is 1.36. The lowest BCUT2D eigenvalue weighted by Gasteiger charge is -2.10. The number of fused-ring (bicyclic) bond motifs is 4. The van der Waals surface area contributed by atoms with Gasteiger partial charge in [-0.3, -0.25) is 4.98 Å². The van der Waals surface area contributed by atoms with Gasteiger partial charge in [0.25, 0.3) is 0 Å². The fourth-order valence-electron chi connectivity index (χ4n) is 4.32. The van der Waals surface area contributed by atoms with Crippen LogP contribution in [0.5, 0.6) is 0 Å². The van der Waals surface area contributed by atoms with Gasteiger partial charge in [-0.15, -0.1) is 0 Å². The Morgan fingerprint density at radius 2 is 1.07 bits per heavy atom. The van der Waals surface area contributed by atoms with E-state index in [1.54, 1.807) is 0 Å². The molecule has 1 nitrogen and oxygen atoms in total. The molecule has 1 heteroatoms. The fourth-order valence-corrected chi connectivity index (χ4v) is 4.32. The quantitative estimate of drug-likeness (QED) is 0.278. The predicted octanol–water partition coefficient (Wildman–Crippen LogP) is 7.88. The van der Waals surface area contributed by atoms with E-state index >= 15 is 0 Å².